The molecule has 1 spiro atoms. The van der Waals surface area contributed by atoms with Gasteiger partial charge in [0.2, 0.25) is 0 Å². The Hall–Kier alpha value is -0.0800. The molecule has 2 heteroatoms. The van der Waals surface area contributed by atoms with Gasteiger partial charge in [-0.25, -0.2) is 0 Å². The smallest absolute Gasteiger partial charge is 0.0723 e. The van der Waals surface area contributed by atoms with Crippen molar-refractivity contribution in [2.75, 3.05) is 13.2 Å². The molecule has 16 heavy (non-hydrogen) atoms. The molecular formula is C14H27NO. The summed E-state index contributed by atoms with van der Waals surface area (Å²) < 4.78 is 6.07. The van der Waals surface area contributed by atoms with Gasteiger partial charge >= 0.3 is 0 Å². The summed E-state index contributed by atoms with van der Waals surface area (Å²) in [6.07, 6.45) is 6.28. The molecule has 1 atom stereocenters. The Morgan fingerprint density at radius 2 is 1.81 bits per heavy atom. The molecule has 2 rings (SSSR count). The van der Waals surface area contributed by atoms with Crippen LogP contribution < -0.4 is 5.73 Å². The van der Waals surface area contributed by atoms with Crippen molar-refractivity contribution in [3.8, 4) is 0 Å². The number of hydrogen-bond donors (Lipinski definition) is 1. The van der Waals surface area contributed by atoms with E-state index in [1.165, 1.54) is 32.1 Å². The number of rotatable bonds is 1. The SMILES string of the molecule is CC(C)(C)C1CCC2(CC1)OCCC2CN. The van der Waals surface area contributed by atoms with Gasteiger partial charge in [0.05, 0.1) is 5.60 Å². The van der Waals surface area contributed by atoms with Crippen molar-refractivity contribution >= 4 is 0 Å². The third-order valence-electron chi connectivity index (χ3n) is 4.94. The molecule has 94 valence electrons. The summed E-state index contributed by atoms with van der Waals surface area (Å²) in [4.78, 5) is 0. The van der Waals surface area contributed by atoms with Crippen LogP contribution in [-0.4, -0.2) is 18.8 Å². The van der Waals surface area contributed by atoms with Gasteiger partial charge < -0.3 is 10.5 Å². The summed E-state index contributed by atoms with van der Waals surface area (Å²) in [5.74, 6) is 1.48. The highest BCUT2D eigenvalue weighted by Crippen LogP contribution is 2.48. The van der Waals surface area contributed by atoms with Crippen LogP contribution in [0.1, 0.15) is 52.9 Å². The lowest BCUT2D eigenvalue weighted by molar-refractivity contribution is -0.0674. The summed E-state index contributed by atoms with van der Waals surface area (Å²) in [7, 11) is 0. The molecule has 0 radical (unpaired) electrons. The summed E-state index contributed by atoms with van der Waals surface area (Å²) in [5, 5.41) is 0. The predicted octanol–water partition coefficient (Wildman–Crippen LogP) is 2.96. The first-order chi connectivity index (χ1) is 7.48. The van der Waals surface area contributed by atoms with Gasteiger partial charge in [0.25, 0.3) is 0 Å². The lowest BCUT2D eigenvalue weighted by atomic mass is 9.65. The summed E-state index contributed by atoms with van der Waals surface area (Å²) in [6.45, 7) is 8.84. The third-order valence-corrected chi connectivity index (χ3v) is 4.94. The Morgan fingerprint density at radius 1 is 1.19 bits per heavy atom. The second-order valence-corrected chi connectivity index (χ2v) is 6.77. The van der Waals surface area contributed by atoms with E-state index in [1.54, 1.807) is 0 Å². The van der Waals surface area contributed by atoms with Crippen LogP contribution in [0, 0.1) is 17.3 Å². The lowest BCUT2D eigenvalue weighted by Gasteiger charge is -2.44. The molecular weight excluding hydrogens is 198 g/mol. The van der Waals surface area contributed by atoms with Crippen LogP contribution >= 0.6 is 0 Å². The molecule has 2 fully saturated rings. The minimum atomic E-state index is 0.163. The fourth-order valence-electron chi connectivity index (χ4n) is 3.64. The van der Waals surface area contributed by atoms with Crippen molar-refractivity contribution in [2.24, 2.45) is 23.0 Å². The second-order valence-electron chi connectivity index (χ2n) is 6.77. The maximum Gasteiger partial charge on any atom is 0.0723 e. The van der Waals surface area contributed by atoms with Crippen molar-refractivity contribution in [3.05, 3.63) is 0 Å². The van der Waals surface area contributed by atoms with Gasteiger partial charge in [-0.05, 0) is 50.0 Å². The van der Waals surface area contributed by atoms with Crippen molar-refractivity contribution in [2.45, 2.75) is 58.5 Å². The van der Waals surface area contributed by atoms with Crippen LogP contribution in [0.3, 0.4) is 0 Å². The standard InChI is InChI=1S/C14H27NO/c1-13(2,3)11-4-7-14(8-5-11)12(10-15)6-9-16-14/h11-12H,4-10,15H2,1-3H3. The van der Waals surface area contributed by atoms with Crippen LogP contribution in [0.25, 0.3) is 0 Å². The highest BCUT2D eigenvalue weighted by Gasteiger charge is 2.46. The molecule has 0 amide bonds. The zero-order valence-electron chi connectivity index (χ0n) is 11.1. The zero-order chi connectivity index (χ0) is 11.8. The molecule has 0 aromatic rings. The van der Waals surface area contributed by atoms with E-state index in [2.05, 4.69) is 20.8 Å². The minimum absolute atomic E-state index is 0.163. The van der Waals surface area contributed by atoms with E-state index in [0.717, 1.165) is 19.1 Å². The van der Waals surface area contributed by atoms with E-state index in [9.17, 15) is 0 Å². The topological polar surface area (TPSA) is 35.2 Å². The average Bonchev–Trinajstić information content (AvgIpc) is 2.60. The zero-order valence-corrected chi connectivity index (χ0v) is 11.1. The van der Waals surface area contributed by atoms with E-state index in [1.807, 2.05) is 0 Å². The van der Waals surface area contributed by atoms with Gasteiger partial charge in [-0.15, -0.1) is 0 Å². The van der Waals surface area contributed by atoms with E-state index >= 15 is 0 Å². The Morgan fingerprint density at radius 3 is 2.31 bits per heavy atom. The van der Waals surface area contributed by atoms with Crippen molar-refractivity contribution < 1.29 is 4.74 Å². The van der Waals surface area contributed by atoms with E-state index < -0.39 is 0 Å². The molecule has 1 aliphatic heterocycles. The molecule has 0 aromatic heterocycles. The molecule has 0 bridgehead atoms. The highest BCUT2D eigenvalue weighted by molar-refractivity contribution is 4.98. The maximum atomic E-state index is 6.07. The molecule has 0 aromatic carbocycles. The average molecular weight is 225 g/mol. The molecule has 1 unspecified atom stereocenters. The Balaban J connectivity index is 1.98. The first-order valence-corrected chi connectivity index (χ1v) is 6.82. The summed E-state index contributed by atoms with van der Waals surface area (Å²) in [6, 6.07) is 0. The van der Waals surface area contributed by atoms with E-state index in [0.29, 0.717) is 11.3 Å². The molecule has 1 saturated carbocycles. The van der Waals surface area contributed by atoms with Crippen LogP contribution in [0.2, 0.25) is 0 Å². The first kappa shape index (κ1) is 12.4. The number of nitrogens with two attached hydrogens (primary N) is 1. The Labute approximate surface area is 99.9 Å². The molecule has 2 aliphatic rings. The molecule has 1 heterocycles. The van der Waals surface area contributed by atoms with Crippen LogP contribution in [0.15, 0.2) is 0 Å². The molecule has 1 aliphatic carbocycles. The second kappa shape index (κ2) is 4.30. The number of ether oxygens (including phenoxy) is 1. The highest BCUT2D eigenvalue weighted by atomic mass is 16.5. The van der Waals surface area contributed by atoms with Gasteiger partial charge in [0, 0.05) is 12.5 Å². The number of hydrogen-bond acceptors (Lipinski definition) is 2. The van der Waals surface area contributed by atoms with Crippen molar-refractivity contribution in [3.63, 3.8) is 0 Å². The summed E-state index contributed by atoms with van der Waals surface area (Å²) in [5.41, 5.74) is 6.50. The Kier molecular flexibility index (Phi) is 3.33. The maximum absolute atomic E-state index is 6.07. The minimum Gasteiger partial charge on any atom is -0.375 e. The van der Waals surface area contributed by atoms with Gasteiger partial charge in [0.15, 0.2) is 0 Å². The monoisotopic (exact) mass is 225 g/mol. The predicted molar refractivity (Wildman–Crippen MR) is 67.3 cm³/mol. The first-order valence-electron chi connectivity index (χ1n) is 6.82. The Bertz CT molecular complexity index is 236. The van der Waals surface area contributed by atoms with E-state index in [4.69, 9.17) is 10.5 Å². The van der Waals surface area contributed by atoms with Crippen LogP contribution in [-0.2, 0) is 4.74 Å². The van der Waals surface area contributed by atoms with Gasteiger partial charge in [-0.3, -0.25) is 0 Å². The van der Waals surface area contributed by atoms with Crippen LogP contribution in [0.4, 0.5) is 0 Å². The van der Waals surface area contributed by atoms with Crippen LogP contribution in [0.5, 0.6) is 0 Å². The van der Waals surface area contributed by atoms with Crippen molar-refractivity contribution in [1.29, 1.82) is 0 Å². The largest absolute Gasteiger partial charge is 0.375 e. The summed E-state index contributed by atoms with van der Waals surface area (Å²) >= 11 is 0. The fourth-order valence-corrected chi connectivity index (χ4v) is 3.64. The molecule has 1 saturated heterocycles. The molecule has 2 nitrogen and oxygen atoms in total. The van der Waals surface area contributed by atoms with Crippen molar-refractivity contribution in [1.82, 2.24) is 0 Å². The lowest BCUT2D eigenvalue weighted by Crippen LogP contribution is -2.44. The fraction of sp³-hybridized carbons (Fsp3) is 1.00. The van der Waals surface area contributed by atoms with Gasteiger partial charge in [-0.1, -0.05) is 20.8 Å². The normalized spacial score (nSPS) is 40.5. The molecule has 2 N–H and O–H groups in total. The van der Waals surface area contributed by atoms with E-state index in [-0.39, 0.29) is 5.60 Å². The third kappa shape index (κ3) is 2.14. The van der Waals surface area contributed by atoms with Gasteiger partial charge in [-0.2, -0.15) is 0 Å². The van der Waals surface area contributed by atoms with Gasteiger partial charge in [0.1, 0.15) is 0 Å². The quantitative estimate of drug-likeness (QED) is 0.744.